The first-order valence-corrected chi connectivity index (χ1v) is 9.52. The van der Waals surface area contributed by atoms with Crippen molar-refractivity contribution in [3.63, 3.8) is 0 Å². The van der Waals surface area contributed by atoms with Gasteiger partial charge in [-0.15, -0.1) is 0 Å². The second-order valence-corrected chi connectivity index (χ2v) is 8.08. The molecule has 0 saturated carbocycles. The minimum absolute atomic E-state index is 0.166. The average Bonchev–Trinajstić information content (AvgIpc) is 2.62. The fraction of sp³-hybridized carbons (Fsp3) is 0.211. The summed E-state index contributed by atoms with van der Waals surface area (Å²) < 4.78 is 27.4. The molecule has 3 rings (SSSR count). The number of benzene rings is 2. The van der Waals surface area contributed by atoms with Gasteiger partial charge in [0.1, 0.15) is 6.04 Å². The molecule has 1 aliphatic rings. The zero-order chi connectivity index (χ0) is 18.0. The largest absolute Gasteiger partial charge is 0.322 e. The molecule has 0 spiro atoms. The Bertz CT molecular complexity index is 891. The molecule has 6 heteroatoms. The Kier molecular flexibility index (Phi) is 4.63. The SMILES string of the molecule is CC(C)[C@H]1C(=O)NC(c2ccccc2)=CN1S(=O)(=O)c1ccccc1. The second-order valence-electron chi connectivity index (χ2n) is 6.23. The maximum Gasteiger partial charge on any atom is 0.264 e. The quantitative estimate of drug-likeness (QED) is 0.916. The lowest BCUT2D eigenvalue weighted by Gasteiger charge is -2.36. The summed E-state index contributed by atoms with van der Waals surface area (Å²) in [7, 11) is -3.83. The molecular formula is C19H20N2O3S. The molecule has 1 heterocycles. The number of hydrogen-bond acceptors (Lipinski definition) is 3. The van der Waals surface area contributed by atoms with Crippen LogP contribution in [0.25, 0.3) is 5.70 Å². The Morgan fingerprint density at radius 2 is 1.52 bits per heavy atom. The van der Waals surface area contributed by atoms with Crippen LogP contribution in [0.3, 0.4) is 0 Å². The number of sulfonamides is 1. The highest BCUT2D eigenvalue weighted by Gasteiger charge is 2.39. The van der Waals surface area contributed by atoms with Crippen molar-refractivity contribution >= 4 is 21.6 Å². The highest BCUT2D eigenvalue weighted by Crippen LogP contribution is 2.28. The monoisotopic (exact) mass is 356 g/mol. The smallest absolute Gasteiger partial charge is 0.264 e. The summed E-state index contributed by atoms with van der Waals surface area (Å²) in [6.45, 7) is 3.66. The van der Waals surface area contributed by atoms with Crippen molar-refractivity contribution in [2.24, 2.45) is 5.92 Å². The van der Waals surface area contributed by atoms with Crippen LogP contribution in [0.15, 0.2) is 71.8 Å². The fourth-order valence-corrected chi connectivity index (χ4v) is 4.48. The summed E-state index contributed by atoms with van der Waals surface area (Å²) in [5.41, 5.74) is 1.23. The Labute approximate surface area is 148 Å². The average molecular weight is 356 g/mol. The molecule has 0 bridgehead atoms. The molecular weight excluding hydrogens is 336 g/mol. The van der Waals surface area contributed by atoms with Gasteiger partial charge in [0.15, 0.2) is 0 Å². The lowest BCUT2D eigenvalue weighted by Crippen LogP contribution is -2.53. The predicted octanol–water partition coefficient (Wildman–Crippen LogP) is 2.83. The van der Waals surface area contributed by atoms with Crippen molar-refractivity contribution in [2.75, 3.05) is 0 Å². The number of rotatable bonds is 4. The molecule has 5 nitrogen and oxygen atoms in total. The van der Waals surface area contributed by atoms with Crippen LogP contribution in [0.5, 0.6) is 0 Å². The minimum Gasteiger partial charge on any atom is -0.322 e. The van der Waals surface area contributed by atoms with Gasteiger partial charge in [-0.25, -0.2) is 8.42 Å². The third kappa shape index (κ3) is 3.30. The maximum absolute atomic E-state index is 13.1. The van der Waals surface area contributed by atoms with Crippen molar-refractivity contribution in [3.8, 4) is 0 Å². The van der Waals surface area contributed by atoms with E-state index in [1.807, 2.05) is 44.2 Å². The number of amides is 1. The van der Waals surface area contributed by atoms with E-state index in [0.29, 0.717) is 5.70 Å². The summed E-state index contributed by atoms with van der Waals surface area (Å²) >= 11 is 0. The molecule has 0 radical (unpaired) electrons. The lowest BCUT2D eigenvalue weighted by molar-refractivity contribution is -0.124. The van der Waals surface area contributed by atoms with Crippen LogP contribution in [0.1, 0.15) is 19.4 Å². The molecule has 0 unspecified atom stereocenters. The van der Waals surface area contributed by atoms with Gasteiger partial charge in [-0.3, -0.25) is 9.10 Å². The topological polar surface area (TPSA) is 66.5 Å². The zero-order valence-electron chi connectivity index (χ0n) is 14.1. The van der Waals surface area contributed by atoms with Gasteiger partial charge in [-0.1, -0.05) is 62.4 Å². The molecule has 25 heavy (non-hydrogen) atoms. The Hall–Kier alpha value is -2.60. The highest BCUT2D eigenvalue weighted by molar-refractivity contribution is 7.89. The van der Waals surface area contributed by atoms with Gasteiger partial charge in [0, 0.05) is 6.20 Å². The van der Waals surface area contributed by atoms with E-state index in [0.717, 1.165) is 5.56 Å². The summed E-state index contributed by atoms with van der Waals surface area (Å²) in [6.07, 6.45) is 1.52. The van der Waals surface area contributed by atoms with Gasteiger partial charge >= 0.3 is 0 Å². The van der Waals surface area contributed by atoms with Gasteiger partial charge in [0.25, 0.3) is 10.0 Å². The van der Waals surface area contributed by atoms with Crippen LogP contribution < -0.4 is 5.32 Å². The molecule has 0 saturated heterocycles. The third-order valence-corrected chi connectivity index (χ3v) is 5.85. The zero-order valence-corrected chi connectivity index (χ0v) is 14.9. The van der Waals surface area contributed by atoms with Gasteiger partial charge in [-0.2, -0.15) is 0 Å². The molecule has 2 aromatic rings. The molecule has 1 amide bonds. The highest BCUT2D eigenvalue weighted by atomic mass is 32.2. The first-order valence-electron chi connectivity index (χ1n) is 8.08. The van der Waals surface area contributed by atoms with E-state index < -0.39 is 16.1 Å². The summed E-state index contributed by atoms with van der Waals surface area (Å²) in [5, 5.41) is 2.83. The molecule has 0 aliphatic carbocycles. The first kappa shape index (κ1) is 17.2. The fourth-order valence-electron chi connectivity index (χ4n) is 2.86. The normalized spacial score (nSPS) is 18.0. The molecule has 130 valence electrons. The number of hydrogen-bond donors (Lipinski definition) is 1. The Morgan fingerprint density at radius 3 is 2.08 bits per heavy atom. The van der Waals surface area contributed by atoms with Gasteiger partial charge in [0.05, 0.1) is 10.6 Å². The van der Waals surface area contributed by atoms with Crippen molar-refractivity contribution in [3.05, 3.63) is 72.4 Å². The van der Waals surface area contributed by atoms with E-state index in [1.54, 1.807) is 18.2 Å². The van der Waals surface area contributed by atoms with Crippen molar-refractivity contribution in [1.82, 2.24) is 9.62 Å². The summed E-state index contributed by atoms with van der Waals surface area (Å²) in [5.74, 6) is -0.497. The van der Waals surface area contributed by atoms with Crippen LogP contribution in [-0.2, 0) is 14.8 Å². The Balaban J connectivity index is 2.13. The van der Waals surface area contributed by atoms with E-state index in [4.69, 9.17) is 0 Å². The van der Waals surface area contributed by atoms with E-state index in [1.165, 1.54) is 22.6 Å². The lowest BCUT2D eigenvalue weighted by atomic mass is 10.0. The van der Waals surface area contributed by atoms with Crippen LogP contribution in [0.2, 0.25) is 0 Å². The third-order valence-electron chi connectivity index (χ3n) is 4.09. The van der Waals surface area contributed by atoms with Crippen molar-refractivity contribution in [2.45, 2.75) is 24.8 Å². The minimum atomic E-state index is -3.83. The van der Waals surface area contributed by atoms with Crippen LogP contribution in [-0.4, -0.2) is 24.7 Å². The van der Waals surface area contributed by atoms with Gasteiger partial charge in [-0.05, 0) is 23.6 Å². The van der Waals surface area contributed by atoms with E-state index in [2.05, 4.69) is 5.32 Å². The van der Waals surface area contributed by atoms with E-state index >= 15 is 0 Å². The predicted molar refractivity (Wildman–Crippen MR) is 96.7 cm³/mol. The number of carbonyl (C=O) groups excluding carboxylic acids is 1. The molecule has 0 fully saturated rings. The standard InChI is InChI=1S/C19H20N2O3S/c1-14(2)18-19(22)20-17(15-9-5-3-6-10-15)13-21(18)25(23,24)16-11-7-4-8-12-16/h3-14,18H,1-2H3,(H,20,22)/t18-/m0/s1. The van der Waals surface area contributed by atoms with Crippen LogP contribution >= 0.6 is 0 Å². The molecule has 1 N–H and O–H groups in total. The maximum atomic E-state index is 13.1. The van der Waals surface area contributed by atoms with E-state index in [9.17, 15) is 13.2 Å². The van der Waals surface area contributed by atoms with Crippen LogP contribution in [0.4, 0.5) is 0 Å². The second kappa shape index (κ2) is 6.72. The van der Waals surface area contributed by atoms with Crippen molar-refractivity contribution in [1.29, 1.82) is 0 Å². The summed E-state index contributed by atoms with van der Waals surface area (Å²) in [4.78, 5) is 12.8. The van der Waals surface area contributed by atoms with E-state index in [-0.39, 0.29) is 16.7 Å². The first-order chi connectivity index (χ1) is 11.9. The Morgan fingerprint density at radius 1 is 0.960 bits per heavy atom. The number of carbonyl (C=O) groups is 1. The van der Waals surface area contributed by atoms with Crippen LogP contribution in [0, 0.1) is 5.92 Å². The number of nitrogens with zero attached hydrogens (tertiary/aromatic N) is 1. The molecule has 0 aromatic heterocycles. The van der Waals surface area contributed by atoms with Gasteiger partial charge in [0.2, 0.25) is 5.91 Å². The molecule has 2 aromatic carbocycles. The summed E-state index contributed by atoms with van der Waals surface area (Å²) in [6, 6.07) is 16.6. The van der Waals surface area contributed by atoms with Crippen molar-refractivity contribution < 1.29 is 13.2 Å². The molecule has 1 atom stereocenters. The van der Waals surface area contributed by atoms with Gasteiger partial charge < -0.3 is 5.32 Å². The number of nitrogens with one attached hydrogen (secondary N) is 1. The molecule has 1 aliphatic heterocycles.